The molecule has 0 unspecified atom stereocenters. The normalized spacial score (nSPS) is 13.0. The van der Waals surface area contributed by atoms with E-state index in [2.05, 4.69) is 5.32 Å². The third-order valence-electron chi connectivity index (χ3n) is 3.40. The molecule has 1 amide bonds. The highest BCUT2D eigenvalue weighted by Crippen LogP contribution is 2.17. The molecule has 1 aromatic carbocycles. The molecule has 6 heteroatoms. The fourth-order valence-corrected chi connectivity index (χ4v) is 2.56. The van der Waals surface area contributed by atoms with Gasteiger partial charge in [-0.2, -0.15) is 0 Å². The fraction of sp³-hybridized carbons (Fsp3) is 0.533. The van der Waals surface area contributed by atoms with Gasteiger partial charge in [0.1, 0.15) is 6.54 Å². The van der Waals surface area contributed by atoms with Crippen LogP contribution in [0.25, 0.3) is 0 Å². The van der Waals surface area contributed by atoms with Gasteiger partial charge in [0.05, 0.1) is 11.9 Å². The van der Waals surface area contributed by atoms with Crippen LogP contribution in [0.4, 0.5) is 5.69 Å². The largest absolute Gasteiger partial charge is 0.352 e. The van der Waals surface area contributed by atoms with Crippen LogP contribution >= 0.6 is 0 Å². The lowest BCUT2D eigenvalue weighted by Gasteiger charge is -2.24. The number of carbonyl (C=O) groups is 1. The van der Waals surface area contributed by atoms with Crippen LogP contribution in [-0.4, -0.2) is 33.2 Å². The zero-order chi connectivity index (χ0) is 16.2. The molecular weight excluding hydrogens is 288 g/mol. The van der Waals surface area contributed by atoms with Crippen molar-refractivity contribution in [3.63, 3.8) is 0 Å². The molecule has 0 fully saturated rings. The number of hydrogen-bond acceptors (Lipinski definition) is 3. The Morgan fingerprint density at radius 1 is 1.19 bits per heavy atom. The van der Waals surface area contributed by atoms with Crippen LogP contribution in [0.1, 0.15) is 26.3 Å². The standard InChI is InChI=1S/C15H24N2O3S/c1-11(2)13(4)16-15(18)10-17(21(5,19)20)14-8-6-12(3)7-9-14/h6-9,11,13H,10H2,1-5H3,(H,16,18)/t13-/m1/s1. The maximum Gasteiger partial charge on any atom is 0.240 e. The highest BCUT2D eigenvalue weighted by atomic mass is 32.2. The second kappa shape index (κ2) is 6.93. The molecular formula is C15H24N2O3S. The monoisotopic (exact) mass is 312 g/mol. The Labute approximate surface area is 127 Å². The summed E-state index contributed by atoms with van der Waals surface area (Å²) in [5.41, 5.74) is 1.53. The van der Waals surface area contributed by atoms with Gasteiger partial charge in [0.25, 0.3) is 0 Å². The molecule has 0 saturated carbocycles. The third-order valence-corrected chi connectivity index (χ3v) is 4.54. The molecule has 1 atom stereocenters. The zero-order valence-electron chi connectivity index (χ0n) is 13.3. The molecule has 0 heterocycles. The number of aryl methyl sites for hydroxylation is 1. The molecule has 0 radical (unpaired) electrons. The molecule has 0 aromatic heterocycles. The van der Waals surface area contributed by atoms with Gasteiger partial charge in [-0.15, -0.1) is 0 Å². The van der Waals surface area contributed by atoms with Crippen molar-refractivity contribution >= 4 is 21.6 Å². The number of rotatable bonds is 6. The van der Waals surface area contributed by atoms with E-state index in [-0.39, 0.29) is 18.5 Å². The molecule has 0 saturated heterocycles. The lowest BCUT2D eigenvalue weighted by molar-refractivity contribution is -0.120. The Balaban J connectivity index is 2.91. The van der Waals surface area contributed by atoms with Gasteiger partial charge in [0.15, 0.2) is 0 Å². The van der Waals surface area contributed by atoms with Gasteiger partial charge in [-0.3, -0.25) is 9.10 Å². The van der Waals surface area contributed by atoms with Crippen LogP contribution in [0.3, 0.4) is 0 Å². The van der Waals surface area contributed by atoms with E-state index < -0.39 is 10.0 Å². The maximum absolute atomic E-state index is 12.0. The van der Waals surface area contributed by atoms with Crippen LogP contribution in [0.15, 0.2) is 24.3 Å². The smallest absolute Gasteiger partial charge is 0.240 e. The molecule has 21 heavy (non-hydrogen) atoms. The fourth-order valence-electron chi connectivity index (χ4n) is 1.71. The first kappa shape index (κ1) is 17.5. The molecule has 1 rings (SSSR count). The van der Waals surface area contributed by atoms with E-state index in [0.717, 1.165) is 16.1 Å². The van der Waals surface area contributed by atoms with Crippen molar-refractivity contribution < 1.29 is 13.2 Å². The van der Waals surface area contributed by atoms with E-state index in [4.69, 9.17) is 0 Å². The molecule has 1 aromatic rings. The topological polar surface area (TPSA) is 66.5 Å². The van der Waals surface area contributed by atoms with E-state index >= 15 is 0 Å². The summed E-state index contributed by atoms with van der Waals surface area (Å²) >= 11 is 0. The number of sulfonamides is 1. The third kappa shape index (κ3) is 5.38. The Kier molecular flexibility index (Phi) is 5.78. The molecule has 5 nitrogen and oxygen atoms in total. The lowest BCUT2D eigenvalue weighted by atomic mass is 10.1. The van der Waals surface area contributed by atoms with E-state index in [9.17, 15) is 13.2 Å². The number of anilines is 1. The Hall–Kier alpha value is -1.56. The molecule has 118 valence electrons. The summed E-state index contributed by atoms with van der Waals surface area (Å²) in [6.07, 6.45) is 1.10. The van der Waals surface area contributed by atoms with Crippen molar-refractivity contribution in [3.8, 4) is 0 Å². The summed E-state index contributed by atoms with van der Waals surface area (Å²) < 4.78 is 25.0. The first-order valence-corrected chi connectivity index (χ1v) is 8.80. The van der Waals surface area contributed by atoms with Crippen molar-refractivity contribution in [1.29, 1.82) is 0 Å². The van der Waals surface area contributed by atoms with Gasteiger partial charge in [-0.05, 0) is 31.9 Å². The van der Waals surface area contributed by atoms with Crippen LogP contribution in [0.2, 0.25) is 0 Å². The number of nitrogens with zero attached hydrogens (tertiary/aromatic N) is 1. The first-order valence-electron chi connectivity index (χ1n) is 6.95. The number of amides is 1. The van der Waals surface area contributed by atoms with Crippen LogP contribution in [0.5, 0.6) is 0 Å². The van der Waals surface area contributed by atoms with E-state index in [1.807, 2.05) is 39.8 Å². The Morgan fingerprint density at radius 3 is 2.14 bits per heavy atom. The van der Waals surface area contributed by atoms with Crippen molar-refractivity contribution in [1.82, 2.24) is 5.32 Å². The zero-order valence-corrected chi connectivity index (χ0v) is 14.1. The molecule has 0 bridgehead atoms. The Bertz CT molecular complexity index is 579. The minimum absolute atomic E-state index is 0.00284. The van der Waals surface area contributed by atoms with E-state index in [1.165, 1.54) is 0 Å². The van der Waals surface area contributed by atoms with Gasteiger partial charge in [-0.1, -0.05) is 31.5 Å². The summed E-state index contributed by atoms with van der Waals surface area (Å²) in [7, 11) is -3.51. The van der Waals surface area contributed by atoms with Gasteiger partial charge in [0, 0.05) is 6.04 Å². The highest BCUT2D eigenvalue weighted by Gasteiger charge is 2.21. The van der Waals surface area contributed by atoms with Gasteiger partial charge < -0.3 is 5.32 Å². The minimum Gasteiger partial charge on any atom is -0.352 e. The highest BCUT2D eigenvalue weighted by molar-refractivity contribution is 7.92. The lowest BCUT2D eigenvalue weighted by Crippen LogP contribution is -2.44. The van der Waals surface area contributed by atoms with E-state index in [1.54, 1.807) is 12.1 Å². The molecule has 0 aliphatic carbocycles. The van der Waals surface area contributed by atoms with Gasteiger partial charge >= 0.3 is 0 Å². The number of carbonyl (C=O) groups excluding carboxylic acids is 1. The van der Waals surface area contributed by atoms with Gasteiger partial charge in [0.2, 0.25) is 15.9 Å². The molecule has 0 aliphatic heterocycles. The van der Waals surface area contributed by atoms with Gasteiger partial charge in [-0.25, -0.2) is 8.42 Å². The summed E-state index contributed by atoms with van der Waals surface area (Å²) in [5, 5.41) is 2.82. The number of hydrogen-bond donors (Lipinski definition) is 1. The van der Waals surface area contributed by atoms with Crippen LogP contribution in [0, 0.1) is 12.8 Å². The molecule has 1 N–H and O–H groups in total. The van der Waals surface area contributed by atoms with Crippen molar-refractivity contribution in [3.05, 3.63) is 29.8 Å². The SMILES string of the molecule is Cc1ccc(N(CC(=O)N[C@H](C)C(C)C)S(C)(=O)=O)cc1. The van der Waals surface area contributed by atoms with Crippen LogP contribution < -0.4 is 9.62 Å². The first-order chi connectivity index (χ1) is 9.61. The van der Waals surface area contributed by atoms with Crippen molar-refractivity contribution in [2.75, 3.05) is 17.1 Å². The number of nitrogens with one attached hydrogen (secondary N) is 1. The average Bonchev–Trinajstić information content (AvgIpc) is 2.35. The number of benzene rings is 1. The summed E-state index contributed by atoms with van der Waals surface area (Å²) in [5.74, 6) is -0.0118. The molecule has 0 aliphatic rings. The maximum atomic E-state index is 12.0. The molecule has 0 spiro atoms. The predicted molar refractivity (Wildman–Crippen MR) is 85.8 cm³/mol. The second-order valence-corrected chi connectivity index (χ2v) is 7.61. The second-order valence-electron chi connectivity index (χ2n) is 5.71. The summed E-state index contributed by atoms with van der Waals surface area (Å²) in [6, 6.07) is 7.05. The summed E-state index contributed by atoms with van der Waals surface area (Å²) in [6.45, 7) is 7.61. The van der Waals surface area contributed by atoms with Crippen molar-refractivity contribution in [2.45, 2.75) is 33.7 Å². The quantitative estimate of drug-likeness (QED) is 0.872. The predicted octanol–water partition coefficient (Wildman–Crippen LogP) is 1.92. The minimum atomic E-state index is -3.51. The summed E-state index contributed by atoms with van der Waals surface area (Å²) in [4.78, 5) is 12.0. The van der Waals surface area contributed by atoms with Crippen LogP contribution in [-0.2, 0) is 14.8 Å². The Morgan fingerprint density at radius 2 is 1.71 bits per heavy atom. The average molecular weight is 312 g/mol. The van der Waals surface area contributed by atoms with Crippen molar-refractivity contribution in [2.24, 2.45) is 5.92 Å². The van der Waals surface area contributed by atoms with E-state index in [0.29, 0.717) is 11.6 Å².